The lowest BCUT2D eigenvalue weighted by Crippen LogP contribution is -2.15. The molecule has 0 saturated carbocycles. The number of hydrogen-bond donors (Lipinski definition) is 2. The third-order valence-electron chi connectivity index (χ3n) is 3.54. The zero-order valence-corrected chi connectivity index (χ0v) is 15.0. The van der Waals surface area contributed by atoms with Crippen molar-refractivity contribution >= 4 is 35.0 Å². The van der Waals surface area contributed by atoms with Gasteiger partial charge >= 0.3 is 5.97 Å². The maximum Gasteiger partial charge on any atom is 0.337 e. The third kappa shape index (κ3) is 4.62. The average molecular weight is 387 g/mol. The lowest BCUT2D eigenvalue weighted by Gasteiger charge is -2.09. The van der Waals surface area contributed by atoms with Crippen LogP contribution < -0.4 is 10.6 Å². The van der Waals surface area contributed by atoms with Crippen molar-refractivity contribution in [2.24, 2.45) is 0 Å². The molecule has 27 heavy (non-hydrogen) atoms. The molecule has 0 bridgehead atoms. The summed E-state index contributed by atoms with van der Waals surface area (Å²) in [5.41, 5.74) is 0.630. The number of furan rings is 1. The number of benzene rings is 1. The molecule has 8 nitrogen and oxygen atoms in total. The quantitative estimate of drug-likeness (QED) is 0.625. The molecule has 0 aliphatic rings. The van der Waals surface area contributed by atoms with Gasteiger partial charge < -0.3 is 19.8 Å². The van der Waals surface area contributed by atoms with E-state index in [1.807, 2.05) is 6.07 Å². The Morgan fingerprint density at radius 2 is 2.07 bits per heavy atom. The Kier molecular flexibility index (Phi) is 5.68. The molecule has 0 atom stereocenters. The molecular weight excluding hydrogens is 372 g/mol. The van der Waals surface area contributed by atoms with Crippen molar-refractivity contribution in [2.45, 2.75) is 6.54 Å². The normalized spacial score (nSPS) is 10.3. The second-order valence-corrected chi connectivity index (χ2v) is 5.77. The van der Waals surface area contributed by atoms with Crippen LogP contribution in [0.4, 0.5) is 11.5 Å². The number of carbonyl (C=O) groups is 2. The fourth-order valence-electron chi connectivity index (χ4n) is 2.18. The van der Waals surface area contributed by atoms with Crippen LogP contribution in [0.2, 0.25) is 5.02 Å². The summed E-state index contributed by atoms with van der Waals surface area (Å²) in [6.07, 6.45) is 4.35. The summed E-state index contributed by atoms with van der Waals surface area (Å²) < 4.78 is 9.86. The van der Waals surface area contributed by atoms with Crippen LogP contribution in [-0.4, -0.2) is 29.0 Å². The van der Waals surface area contributed by atoms with Crippen molar-refractivity contribution in [1.82, 2.24) is 9.97 Å². The highest BCUT2D eigenvalue weighted by atomic mass is 35.5. The van der Waals surface area contributed by atoms with Gasteiger partial charge in [0.1, 0.15) is 17.3 Å². The molecule has 138 valence electrons. The van der Waals surface area contributed by atoms with E-state index < -0.39 is 11.9 Å². The Hall–Kier alpha value is -3.39. The molecule has 2 aromatic heterocycles. The third-order valence-corrected chi connectivity index (χ3v) is 3.87. The second-order valence-electron chi connectivity index (χ2n) is 5.36. The molecule has 0 spiro atoms. The van der Waals surface area contributed by atoms with Gasteiger partial charge in [-0.05, 0) is 30.3 Å². The van der Waals surface area contributed by atoms with E-state index in [-0.39, 0.29) is 22.0 Å². The van der Waals surface area contributed by atoms with Crippen molar-refractivity contribution in [3.63, 3.8) is 0 Å². The van der Waals surface area contributed by atoms with E-state index in [9.17, 15) is 9.59 Å². The topological polar surface area (TPSA) is 106 Å². The predicted molar refractivity (Wildman–Crippen MR) is 98.8 cm³/mol. The van der Waals surface area contributed by atoms with Crippen LogP contribution in [0.25, 0.3) is 0 Å². The zero-order valence-electron chi connectivity index (χ0n) is 14.2. The maximum atomic E-state index is 12.3. The lowest BCUT2D eigenvalue weighted by molar-refractivity contribution is 0.0600. The summed E-state index contributed by atoms with van der Waals surface area (Å²) in [6.45, 7) is 0.448. The van der Waals surface area contributed by atoms with Crippen LogP contribution >= 0.6 is 11.6 Å². The van der Waals surface area contributed by atoms with E-state index in [0.717, 1.165) is 5.76 Å². The summed E-state index contributed by atoms with van der Waals surface area (Å²) in [6, 6.07) is 8.05. The van der Waals surface area contributed by atoms with Crippen LogP contribution in [0.1, 0.15) is 26.6 Å². The van der Waals surface area contributed by atoms with Gasteiger partial charge in [0.05, 0.1) is 48.6 Å². The number of halogens is 1. The highest BCUT2D eigenvalue weighted by Gasteiger charge is 2.14. The van der Waals surface area contributed by atoms with Gasteiger partial charge in [-0.15, -0.1) is 0 Å². The highest BCUT2D eigenvalue weighted by Crippen LogP contribution is 2.24. The first-order valence-electron chi connectivity index (χ1n) is 7.84. The van der Waals surface area contributed by atoms with E-state index in [1.54, 1.807) is 12.3 Å². The molecule has 9 heteroatoms. The molecule has 0 radical (unpaired) electrons. The largest absolute Gasteiger partial charge is 0.467 e. The minimum Gasteiger partial charge on any atom is -0.467 e. The van der Waals surface area contributed by atoms with E-state index in [1.165, 1.54) is 37.7 Å². The molecule has 0 unspecified atom stereocenters. The zero-order chi connectivity index (χ0) is 19.2. The van der Waals surface area contributed by atoms with Crippen molar-refractivity contribution in [1.29, 1.82) is 0 Å². The minimum atomic E-state index is -0.533. The number of nitrogens with one attached hydrogen (secondary N) is 2. The number of ether oxygens (including phenoxy) is 1. The van der Waals surface area contributed by atoms with Crippen molar-refractivity contribution in [2.75, 3.05) is 17.7 Å². The van der Waals surface area contributed by atoms with Crippen LogP contribution in [0.3, 0.4) is 0 Å². The van der Waals surface area contributed by atoms with Gasteiger partial charge in [0, 0.05) is 0 Å². The molecule has 0 aliphatic heterocycles. The number of anilines is 2. The number of methoxy groups -OCH3 is 1. The van der Waals surface area contributed by atoms with Gasteiger partial charge in [-0.3, -0.25) is 4.79 Å². The molecule has 2 N–H and O–H groups in total. The second kappa shape index (κ2) is 8.33. The molecule has 0 saturated heterocycles. The Balaban J connectivity index is 1.66. The summed E-state index contributed by atoms with van der Waals surface area (Å²) >= 11 is 6.07. The number of carbonyl (C=O) groups excluding carboxylic acids is 2. The fourth-order valence-corrected chi connectivity index (χ4v) is 2.34. The molecular formula is C18H15ClN4O4. The predicted octanol–water partition coefficient (Wildman–Crippen LogP) is 3.37. The molecule has 0 aliphatic carbocycles. The van der Waals surface area contributed by atoms with E-state index in [4.69, 9.17) is 16.0 Å². The summed E-state index contributed by atoms with van der Waals surface area (Å²) in [5.74, 6) is 0.199. The van der Waals surface area contributed by atoms with Crippen LogP contribution in [0, 0.1) is 0 Å². The molecule has 1 amide bonds. The highest BCUT2D eigenvalue weighted by molar-refractivity contribution is 6.34. The number of esters is 1. The Labute approximate surface area is 159 Å². The van der Waals surface area contributed by atoms with Gasteiger partial charge in [-0.2, -0.15) is 0 Å². The van der Waals surface area contributed by atoms with Crippen molar-refractivity contribution in [3.05, 3.63) is 71.0 Å². The molecule has 3 rings (SSSR count). The minimum absolute atomic E-state index is 0.0955. The van der Waals surface area contributed by atoms with Gasteiger partial charge in [0.15, 0.2) is 0 Å². The van der Waals surface area contributed by atoms with E-state index >= 15 is 0 Å². The van der Waals surface area contributed by atoms with Crippen LogP contribution in [0.15, 0.2) is 53.4 Å². The molecule has 1 aromatic carbocycles. The van der Waals surface area contributed by atoms with Crippen LogP contribution in [0.5, 0.6) is 0 Å². The first-order chi connectivity index (χ1) is 13.1. The number of hydrogen-bond acceptors (Lipinski definition) is 7. The van der Waals surface area contributed by atoms with Crippen LogP contribution in [-0.2, 0) is 11.3 Å². The van der Waals surface area contributed by atoms with Gasteiger partial charge in [-0.25, -0.2) is 14.8 Å². The first-order valence-corrected chi connectivity index (χ1v) is 8.22. The maximum absolute atomic E-state index is 12.3. The summed E-state index contributed by atoms with van der Waals surface area (Å²) in [7, 11) is 1.27. The van der Waals surface area contributed by atoms with Crippen molar-refractivity contribution < 1.29 is 18.7 Å². The lowest BCUT2D eigenvalue weighted by atomic mass is 10.2. The first kappa shape index (κ1) is 18.4. The van der Waals surface area contributed by atoms with Gasteiger partial charge in [-0.1, -0.05) is 11.6 Å². The number of amides is 1. The van der Waals surface area contributed by atoms with Crippen molar-refractivity contribution in [3.8, 4) is 0 Å². The number of aromatic nitrogens is 2. The smallest absolute Gasteiger partial charge is 0.337 e. The Bertz CT molecular complexity index is 943. The fraction of sp³-hybridized carbons (Fsp3) is 0.111. The monoisotopic (exact) mass is 386 g/mol. The molecule has 3 aromatic rings. The van der Waals surface area contributed by atoms with Gasteiger partial charge in [0.25, 0.3) is 5.91 Å². The van der Waals surface area contributed by atoms with E-state index in [0.29, 0.717) is 12.4 Å². The number of rotatable bonds is 6. The standard InChI is InChI=1S/C18H15ClN4O4/c1-26-18(25)11-4-5-13(19)14(7-11)23-17(24)15-9-22-16(10-20-15)21-8-12-3-2-6-27-12/h2-7,9-10H,8H2,1H3,(H,21,22)(H,23,24). The summed E-state index contributed by atoms with van der Waals surface area (Å²) in [4.78, 5) is 32.2. The summed E-state index contributed by atoms with van der Waals surface area (Å²) in [5, 5.41) is 5.91. The molecule has 2 heterocycles. The Morgan fingerprint density at radius 1 is 1.22 bits per heavy atom. The van der Waals surface area contributed by atoms with Gasteiger partial charge in [0.2, 0.25) is 0 Å². The average Bonchev–Trinajstić information content (AvgIpc) is 3.21. The Morgan fingerprint density at radius 3 is 2.74 bits per heavy atom. The number of nitrogens with zero attached hydrogens (tertiary/aromatic N) is 2. The SMILES string of the molecule is COC(=O)c1ccc(Cl)c(NC(=O)c2cnc(NCc3ccco3)cn2)c1. The van der Waals surface area contributed by atoms with E-state index in [2.05, 4.69) is 25.3 Å². The molecule has 0 fully saturated rings.